The molecular weight excluding hydrogens is 786 g/mol. The van der Waals surface area contributed by atoms with Gasteiger partial charge in [0, 0.05) is 25.1 Å². The number of H-pyrrole nitrogens is 2. The van der Waals surface area contributed by atoms with E-state index in [-0.39, 0.29) is 14.9 Å². The number of imidazole rings is 4. The molecule has 8 aromatic rings. The third kappa shape index (κ3) is 14.8. The van der Waals surface area contributed by atoms with E-state index in [1.165, 1.54) is 0 Å². The molecule has 0 saturated carbocycles. The number of fused-ring (bicyclic) bond motifs is 4. The van der Waals surface area contributed by atoms with Crippen LogP contribution in [-0.4, -0.2) is 63.7 Å². The van der Waals surface area contributed by atoms with E-state index in [4.69, 9.17) is 11.5 Å². The molecule has 0 amide bonds. The molecule has 0 bridgehead atoms. The van der Waals surface area contributed by atoms with Gasteiger partial charge in [0.15, 0.2) is 0 Å². The van der Waals surface area contributed by atoms with Gasteiger partial charge in [0.05, 0.1) is 44.1 Å². The van der Waals surface area contributed by atoms with Gasteiger partial charge in [-0.3, -0.25) is 4.34 Å². The molecular formula is C36H58N12P6. The van der Waals surface area contributed by atoms with Crippen molar-refractivity contribution in [3.8, 4) is 0 Å². The van der Waals surface area contributed by atoms with Crippen LogP contribution in [0.3, 0.4) is 0 Å². The molecule has 292 valence electrons. The fourth-order valence-electron chi connectivity index (χ4n) is 4.64. The predicted molar refractivity (Wildman–Crippen MR) is 259 cm³/mol. The van der Waals surface area contributed by atoms with Crippen LogP contribution in [0.2, 0.25) is 0 Å². The number of hydrogen-bond acceptors (Lipinski definition) is 8. The van der Waals surface area contributed by atoms with Gasteiger partial charge < -0.3 is 36.4 Å². The average molecular weight is 845 g/mol. The molecule has 0 radical (unpaired) electrons. The Morgan fingerprint density at radius 1 is 0.556 bits per heavy atom. The Bertz CT molecular complexity index is 2140. The normalized spacial score (nSPS) is 9.67. The molecule has 4 aromatic carbocycles. The summed E-state index contributed by atoms with van der Waals surface area (Å²) in [5.74, 6) is 3.70. The van der Waals surface area contributed by atoms with Crippen molar-refractivity contribution in [1.82, 2.24) is 38.6 Å². The second-order valence-corrected chi connectivity index (χ2v) is 13.3. The highest BCUT2D eigenvalue weighted by Gasteiger charge is 2.05. The Kier molecular flexibility index (Phi) is 24.1. The zero-order valence-corrected chi connectivity index (χ0v) is 36.3. The smallest absolute Gasteiger partial charge is 0.207 e. The van der Waals surface area contributed by atoms with Crippen LogP contribution in [0.4, 0.5) is 11.9 Å². The summed E-state index contributed by atoms with van der Waals surface area (Å²) in [6.45, 7) is 3.95. The first-order valence-corrected chi connectivity index (χ1v) is 20.5. The summed E-state index contributed by atoms with van der Waals surface area (Å²) in [5.41, 5.74) is 18.2. The molecule has 8 rings (SSSR count). The highest BCUT2D eigenvalue weighted by atomic mass is 31.0. The number of para-hydroxylation sites is 8. The Morgan fingerprint density at radius 3 is 1.44 bits per heavy atom. The molecule has 0 aliphatic heterocycles. The monoisotopic (exact) mass is 844 g/mol. The number of nitrogens with zero attached hydrogens (tertiary/aromatic N) is 6. The van der Waals surface area contributed by atoms with Crippen molar-refractivity contribution in [1.29, 1.82) is 0 Å². The fraction of sp³-hybridized carbons (Fsp3) is 0.222. The Hall–Kier alpha value is -3.14. The Balaban J connectivity index is 0.000000340. The van der Waals surface area contributed by atoms with Crippen LogP contribution in [0.25, 0.3) is 44.1 Å². The Labute approximate surface area is 333 Å². The van der Waals surface area contributed by atoms with Gasteiger partial charge in [-0.15, -0.1) is 37.0 Å². The van der Waals surface area contributed by atoms with Crippen LogP contribution < -0.4 is 22.1 Å². The van der Waals surface area contributed by atoms with Gasteiger partial charge in [0.1, 0.15) is 11.6 Å². The molecule has 18 heteroatoms. The third-order valence-corrected chi connectivity index (χ3v) is 8.38. The average Bonchev–Trinajstić information content (AvgIpc) is 3.89. The van der Waals surface area contributed by atoms with Crippen LogP contribution >= 0.6 is 55.7 Å². The molecule has 6 atom stereocenters. The van der Waals surface area contributed by atoms with Crippen molar-refractivity contribution in [3.05, 3.63) is 109 Å². The first-order valence-electron chi connectivity index (χ1n) is 16.2. The molecule has 0 saturated heterocycles. The molecule has 12 nitrogen and oxygen atoms in total. The van der Waals surface area contributed by atoms with Gasteiger partial charge in [-0.25, -0.2) is 19.9 Å². The molecule has 8 N–H and O–H groups in total. The summed E-state index contributed by atoms with van der Waals surface area (Å²) >= 11 is 0. The van der Waals surface area contributed by atoms with E-state index in [1.54, 1.807) is 0 Å². The van der Waals surface area contributed by atoms with E-state index < -0.39 is 0 Å². The largest absolute Gasteiger partial charge is 0.352 e. The van der Waals surface area contributed by atoms with Gasteiger partial charge in [-0.05, 0) is 81.2 Å². The molecule has 4 heterocycles. The fourth-order valence-corrected chi connectivity index (χ4v) is 5.66. The highest BCUT2D eigenvalue weighted by molar-refractivity contribution is 7.17. The van der Waals surface area contributed by atoms with Crippen molar-refractivity contribution < 1.29 is 0 Å². The zero-order valence-electron chi connectivity index (χ0n) is 29.4. The van der Waals surface area contributed by atoms with Crippen LogP contribution in [-0.2, 0) is 0 Å². The van der Waals surface area contributed by atoms with Crippen LogP contribution in [0.15, 0.2) is 97.1 Å². The van der Waals surface area contributed by atoms with Crippen molar-refractivity contribution in [2.24, 2.45) is 11.5 Å². The molecule has 6 unspecified atom stereocenters. The zero-order chi connectivity index (χ0) is 37.9. The standard InChI is InChI=1S/C8H11N3P2.C8H10N3P.C8H9N2P.C8H8N2.2CH6NP.2CH4/c12-5-9-8-10-6-3-1-2-4-7(6)11(8)13;12-5-9-8-10-6-3-1-2-4-7(6)11-8;1-6-9-7-4-2-3-5-8(7)10(6)11;1-6-9-7-4-2-3-5-8(7)10-6;2*2-1-3;;/h1-4H,5,12-13H2,(H,9,10);1-4H,5,12H2,(H2,9,10,11);2-5H,11H2,1H3;2-5H,1H3,(H,9,10);2*1-3H2;2*1H4. The van der Waals surface area contributed by atoms with Crippen LogP contribution in [0.1, 0.15) is 26.5 Å². The second-order valence-electron chi connectivity index (χ2n) is 10.5. The minimum Gasteiger partial charge on any atom is -0.352 e. The molecule has 0 aliphatic carbocycles. The van der Waals surface area contributed by atoms with E-state index in [0.717, 1.165) is 80.3 Å². The summed E-state index contributed by atoms with van der Waals surface area (Å²) < 4.78 is 3.98. The number of aromatic nitrogens is 8. The van der Waals surface area contributed by atoms with Gasteiger partial charge in [0.25, 0.3) is 0 Å². The van der Waals surface area contributed by atoms with Crippen molar-refractivity contribution in [3.63, 3.8) is 0 Å². The van der Waals surface area contributed by atoms with Gasteiger partial charge in [0.2, 0.25) is 11.9 Å². The first-order chi connectivity index (χ1) is 25.2. The topological polar surface area (TPSA) is 169 Å². The first kappa shape index (κ1) is 48.9. The van der Waals surface area contributed by atoms with Crippen LogP contribution in [0, 0.1) is 13.8 Å². The maximum absolute atomic E-state index is 4.81. The summed E-state index contributed by atoms with van der Waals surface area (Å²) in [5, 5.41) is 6.25. The molecule has 4 aromatic heterocycles. The van der Waals surface area contributed by atoms with E-state index in [1.807, 2.05) is 114 Å². The number of nitrogens with two attached hydrogens (primary N) is 2. The quantitative estimate of drug-likeness (QED) is 0.0961. The molecule has 0 aliphatic rings. The van der Waals surface area contributed by atoms with E-state index >= 15 is 0 Å². The number of aryl methyl sites for hydroxylation is 2. The van der Waals surface area contributed by atoms with Crippen molar-refractivity contribution in [2.45, 2.75) is 28.7 Å². The number of anilines is 2. The molecule has 0 fully saturated rings. The van der Waals surface area contributed by atoms with Gasteiger partial charge in [-0.2, -0.15) is 0 Å². The lowest BCUT2D eigenvalue weighted by atomic mass is 10.3. The number of nitrogens with one attached hydrogen (secondary N) is 4. The number of rotatable bonds is 4. The lowest BCUT2D eigenvalue weighted by Crippen LogP contribution is -1.98. The molecule has 0 spiro atoms. The summed E-state index contributed by atoms with van der Waals surface area (Å²) in [6.07, 6.45) is 2.94. The summed E-state index contributed by atoms with van der Waals surface area (Å²) in [4.78, 5) is 23.7. The minimum absolute atomic E-state index is 0. The van der Waals surface area contributed by atoms with Crippen molar-refractivity contribution in [2.75, 3.05) is 35.8 Å². The Morgan fingerprint density at radius 2 is 0.981 bits per heavy atom. The van der Waals surface area contributed by atoms with E-state index in [0.29, 0.717) is 12.6 Å². The number of benzene rings is 4. The van der Waals surface area contributed by atoms with E-state index in [2.05, 4.69) is 102 Å². The highest BCUT2D eigenvalue weighted by Crippen LogP contribution is 2.22. The number of aromatic amines is 2. The maximum Gasteiger partial charge on any atom is 0.207 e. The lowest BCUT2D eigenvalue weighted by Gasteiger charge is -2.01. The maximum atomic E-state index is 4.81. The van der Waals surface area contributed by atoms with Gasteiger partial charge in [-0.1, -0.05) is 63.4 Å². The second kappa shape index (κ2) is 26.6. The van der Waals surface area contributed by atoms with Crippen LogP contribution in [0.5, 0.6) is 0 Å². The summed E-state index contributed by atoms with van der Waals surface area (Å²) in [6, 6.07) is 32.1. The number of hydrogen-bond donors (Lipinski definition) is 6. The van der Waals surface area contributed by atoms with Crippen molar-refractivity contribution >= 4 is 112 Å². The third-order valence-electron chi connectivity index (χ3n) is 6.79. The summed E-state index contributed by atoms with van der Waals surface area (Å²) in [7, 11) is 15.2. The lowest BCUT2D eigenvalue weighted by molar-refractivity contribution is 1.12. The van der Waals surface area contributed by atoms with E-state index in [9.17, 15) is 0 Å². The SMILES string of the molecule is C.C.Cc1nc2ccccc2[nH]1.Cc1nc2ccccc2n1P.NCP.NCP.PCNc1nc2ccccc2[nH]1.PCNc1nc2ccccc2n1P. The predicted octanol–water partition coefficient (Wildman–Crippen LogP) is 8.41. The minimum atomic E-state index is 0. The van der Waals surface area contributed by atoms with Gasteiger partial charge >= 0.3 is 0 Å². The molecule has 54 heavy (non-hydrogen) atoms.